The number of piperazine rings is 1. The van der Waals surface area contributed by atoms with Crippen LogP contribution in [0.4, 0.5) is 0 Å². The first-order valence-corrected chi connectivity index (χ1v) is 15.1. The lowest BCUT2D eigenvalue weighted by atomic mass is 9.90. The predicted octanol–water partition coefficient (Wildman–Crippen LogP) is 4.50. The zero-order valence-corrected chi connectivity index (χ0v) is 24.8. The van der Waals surface area contributed by atoms with Crippen LogP contribution in [0.25, 0.3) is 11.0 Å². The first-order chi connectivity index (χ1) is 20.5. The highest BCUT2D eigenvalue weighted by atomic mass is 16.6. The van der Waals surface area contributed by atoms with Gasteiger partial charge in [0.15, 0.2) is 0 Å². The summed E-state index contributed by atoms with van der Waals surface area (Å²) < 4.78 is 2.17. The molecule has 0 unspecified atom stereocenters. The molecule has 2 aromatic carbocycles. The molecule has 2 aliphatic rings. The molecule has 0 bridgehead atoms. The SMILES string of the molecule is CONC(=O)c1ccc(Cn2ccc3cc(C4CCN(Cc5cccc(CN6CCN(C)CC6)c5)CC4)cnc32)cc1. The number of piperidine rings is 1. The van der Waals surface area contributed by atoms with Crippen molar-refractivity contribution in [1.29, 1.82) is 0 Å². The van der Waals surface area contributed by atoms with Crippen LogP contribution in [0, 0.1) is 0 Å². The fourth-order valence-electron chi connectivity index (χ4n) is 6.33. The van der Waals surface area contributed by atoms with Crippen LogP contribution in [0.1, 0.15) is 51.4 Å². The largest absolute Gasteiger partial charge is 0.328 e. The zero-order valence-electron chi connectivity index (χ0n) is 24.8. The second-order valence-electron chi connectivity index (χ2n) is 11.9. The van der Waals surface area contributed by atoms with Gasteiger partial charge in [-0.3, -0.25) is 19.4 Å². The van der Waals surface area contributed by atoms with Gasteiger partial charge in [-0.05, 0) is 85.4 Å². The number of carbonyl (C=O) groups is 1. The van der Waals surface area contributed by atoms with Crippen LogP contribution in [0.2, 0.25) is 0 Å². The molecule has 1 amide bonds. The standard InChI is InChI=1S/C34H42N6O2/c1-37-16-18-39(19-17-37)24-28-5-3-4-27(20-28)23-38-13-10-29(11-14-38)32-21-31-12-15-40(33(31)35-22-32)25-26-6-8-30(9-7-26)34(41)36-42-2/h3-9,12,15,20-22,29H,10-11,13-14,16-19,23-25H2,1-2H3,(H,36,41). The maximum absolute atomic E-state index is 11.9. The Morgan fingerprint density at radius 1 is 0.857 bits per heavy atom. The Hall–Kier alpha value is -3.56. The molecule has 0 spiro atoms. The second kappa shape index (κ2) is 13.2. The first kappa shape index (κ1) is 28.6. The number of hydrogen-bond acceptors (Lipinski definition) is 6. The summed E-state index contributed by atoms with van der Waals surface area (Å²) in [5, 5.41) is 1.18. The van der Waals surface area contributed by atoms with Gasteiger partial charge in [0.1, 0.15) is 5.65 Å². The molecule has 2 saturated heterocycles. The van der Waals surface area contributed by atoms with Crippen molar-refractivity contribution in [1.82, 2.24) is 29.7 Å². The van der Waals surface area contributed by atoms with Crippen LogP contribution in [-0.2, 0) is 24.5 Å². The van der Waals surface area contributed by atoms with Gasteiger partial charge in [0.25, 0.3) is 5.91 Å². The quantitative estimate of drug-likeness (QED) is 0.301. The van der Waals surface area contributed by atoms with Gasteiger partial charge in [0.05, 0.1) is 7.11 Å². The van der Waals surface area contributed by atoms with E-state index in [1.165, 1.54) is 29.2 Å². The fourth-order valence-corrected chi connectivity index (χ4v) is 6.33. The van der Waals surface area contributed by atoms with Gasteiger partial charge >= 0.3 is 0 Å². The summed E-state index contributed by atoms with van der Waals surface area (Å²) in [6.45, 7) is 9.66. The fraction of sp³-hybridized carbons (Fsp3) is 0.412. The number of hydrogen-bond donors (Lipinski definition) is 1. The minimum absolute atomic E-state index is 0.249. The Labute approximate surface area is 248 Å². The molecule has 2 aromatic heterocycles. The van der Waals surface area contributed by atoms with Crippen LogP contribution < -0.4 is 5.48 Å². The monoisotopic (exact) mass is 566 g/mol. The topological polar surface area (TPSA) is 65.9 Å². The number of hydroxylamine groups is 1. The molecule has 0 saturated carbocycles. The van der Waals surface area contributed by atoms with Gasteiger partial charge in [0.2, 0.25) is 0 Å². The summed E-state index contributed by atoms with van der Waals surface area (Å²) in [4.78, 5) is 29.1. The van der Waals surface area contributed by atoms with Crippen molar-refractivity contribution in [3.05, 3.63) is 101 Å². The van der Waals surface area contributed by atoms with Gasteiger partial charge < -0.3 is 9.47 Å². The molecular weight excluding hydrogens is 524 g/mol. The average molecular weight is 567 g/mol. The van der Waals surface area contributed by atoms with Gasteiger partial charge in [-0.15, -0.1) is 0 Å². The first-order valence-electron chi connectivity index (χ1n) is 15.1. The third-order valence-corrected chi connectivity index (χ3v) is 8.84. The van der Waals surface area contributed by atoms with E-state index in [1.807, 2.05) is 24.3 Å². The molecule has 6 rings (SSSR count). The highest BCUT2D eigenvalue weighted by Crippen LogP contribution is 2.30. The van der Waals surface area contributed by atoms with E-state index in [2.05, 4.69) is 80.6 Å². The summed E-state index contributed by atoms with van der Waals surface area (Å²) in [5.41, 5.74) is 9.25. The molecule has 4 aromatic rings. The van der Waals surface area contributed by atoms with Crippen LogP contribution in [0.5, 0.6) is 0 Å². The van der Waals surface area contributed by atoms with Crippen molar-refractivity contribution in [3.63, 3.8) is 0 Å². The molecule has 8 heteroatoms. The van der Waals surface area contributed by atoms with Crippen LogP contribution in [-0.4, -0.2) is 83.6 Å². The molecule has 4 heterocycles. The molecule has 2 aliphatic heterocycles. The molecule has 0 atom stereocenters. The van der Waals surface area contributed by atoms with Crippen LogP contribution in [0.3, 0.4) is 0 Å². The number of aromatic nitrogens is 2. The number of pyridine rings is 1. The van der Waals surface area contributed by atoms with E-state index in [-0.39, 0.29) is 5.91 Å². The molecule has 8 nitrogen and oxygen atoms in total. The van der Waals surface area contributed by atoms with Crippen molar-refractivity contribution < 1.29 is 9.63 Å². The lowest BCUT2D eigenvalue weighted by Gasteiger charge is -2.33. The zero-order chi connectivity index (χ0) is 28.9. The second-order valence-corrected chi connectivity index (χ2v) is 11.9. The highest BCUT2D eigenvalue weighted by Gasteiger charge is 2.22. The van der Waals surface area contributed by atoms with Gasteiger partial charge in [-0.1, -0.05) is 36.4 Å². The number of amides is 1. The number of likely N-dealkylation sites (tertiary alicyclic amines) is 1. The van der Waals surface area contributed by atoms with Gasteiger partial charge in [0, 0.05) is 69.2 Å². The van der Waals surface area contributed by atoms with Crippen LogP contribution >= 0.6 is 0 Å². The van der Waals surface area contributed by atoms with Crippen molar-refractivity contribution in [3.8, 4) is 0 Å². The Morgan fingerprint density at radius 2 is 1.55 bits per heavy atom. The third-order valence-electron chi connectivity index (χ3n) is 8.84. The number of fused-ring (bicyclic) bond motifs is 1. The van der Waals surface area contributed by atoms with E-state index in [4.69, 9.17) is 9.82 Å². The number of rotatable bonds is 9. The summed E-state index contributed by atoms with van der Waals surface area (Å²) in [7, 11) is 3.64. The van der Waals surface area contributed by atoms with Crippen molar-refractivity contribution >= 4 is 16.9 Å². The average Bonchev–Trinajstić information content (AvgIpc) is 3.41. The highest BCUT2D eigenvalue weighted by molar-refractivity contribution is 5.93. The van der Waals surface area contributed by atoms with E-state index < -0.39 is 0 Å². The Kier molecular flexibility index (Phi) is 8.95. The Morgan fingerprint density at radius 3 is 2.24 bits per heavy atom. The minimum Gasteiger partial charge on any atom is -0.328 e. The molecule has 42 heavy (non-hydrogen) atoms. The maximum atomic E-state index is 11.9. The van der Waals surface area contributed by atoms with Gasteiger partial charge in [-0.25, -0.2) is 10.5 Å². The molecule has 0 radical (unpaired) electrons. The number of nitrogens with zero attached hydrogens (tertiary/aromatic N) is 5. The molecule has 0 aliphatic carbocycles. The number of nitrogens with one attached hydrogen (secondary N) is 1. The molecule has 220 valence electrons. The van der Waals surface area contributed by atoms with E-state index in [0.717, 1.165) is 76.4 Å². The molecule has 1 N–H and O–H groups in total. The van der Waals surface area contributed by atoms with Crippen molar-refractivity contribution in [2.45, 2.75) is 38.4 Å². The summed E-state index contributed by atoms with van der Waals surface area (Å²) in [6, 6.07) is 21.3. The summed E-state index contributed by atoms with van der Waals surface area (Å²) in [5.74, 6) is 0.303. The Balaban J connectivity index is 1.02. The van der Waals surface area contributed by atoms with E-state index in [9.17, 15) is 4.79 Å². The Bertz CT molecular complexity index is 1480. The number of likely N-dealkylation sites (N-methyl/N-ethyl adjacent to an activating group) is 1. The third kappa shape index (κ3) is 6.90. The lowest BCUT2D eigenvalue weighted by Crippen LogP contribution is -2.43. The summed E-state index contributed by atoms with van der Waals surface area (Å²) in [6.07, 6.45) is 6.52. The lowest BCUT2D eigenvalue weighted by molar-refractivity contribution is 0.0537. The smallest absolute Gasteiger partial charge is 0.274 e. The normalized spacial score (nSPS) is 17.6. The van der Waals surface area contributed by atoms with Crippen molar-refractivity contribution in [2.24, 2.45) is 0 Å². The number of benzene rings is 2. The van der Waals surface area contributed by atoms with Crippen molar-refractivity contribution in [2.75, 3.05) is 53.4 Å². The van der Waals surface area contributed by atoms with Gasteiger partial charge in [-0.2, -0.15) is 0 Å². The predicted molar refractivity (Wildman–Crippen MR) is 166 cm³/mol. The number of carbonyl (C=O) groups excluding carboxylic acids is 1. The van der Waals surface area contributed by atoms with E-state index in [0.29, 0.717) is 18.0 Å². The minimum atomic E-state index is -0.249. The maximum Gasteiger partial charge on any atom is 0.274 e. The molecule has 2 fully saturated rings. The summed E-state index contributed by atoms with van der Waals surface area (Å²) >= 11 is 0. The van der Waals surface area contributed by atoms with E-state index in [1.54, 1.807) is 0 Å². The van der Waals surface area contributed by atoms with Crippen LogP contribution in [0.15, 0.2) is 73.1 Å². The van der Waals surface area contributed by atoms with E-state index >= 15 is 0 Å². The molecular formula is C34H42N6O2.